The van der Waals surface area contributed by atoms with Gasteiger partial charge in [0.1, 0.15) is 0 Å². The predicted octanol–water partition coefficient (Wildman–Crippen LogP) is 1.65. The van der Waals surface area contributed by atoms with Gasteiger partial charge in [0.05, 0.1) is 0 Å². The third-order valence-corrected chi connectivity index (χ3v) is 2.36. The number of rotatable bonds is 7. The van der Waals surface area contributed by atoms with Gasteiger partial charge in [0.25, 0.3) is 0 Å². The Balaban J connectivity index is 2.53. The van der Waals surface area contributed by atoms with E-state index in [1.54, 1.807) is 12.1 Å². The van der Waals surface area contributed by atoms with Gasteiger partial charge in [-0.1, -0.05) is 18.2 Å². The Kier molecular flexibility index (Phi) is 4.93. The molecule has 0 bridgehead atoms. The number of hydrogen-bond donors (Lipinski definition) is 3. The number of ether oxygens (including phenoxy) is 1. The molecule has 0 spiro atoms. The summed E-state index contributed by atoms with van der Waals surface area (Å²) in [5.74, 6) is -2.42. The van der Waals surface area contributed by atoms with Crippen molar-refractivity contribution in [3.63, 3.8) is 0 Å². The third kappa shape index (κ3) is 4.84. The molecule has 0 aliphatic carbocycles. The fourth-order valence-electron chi connectivity index (χ4n) is 1.44. The molecule has 94 valence electrons. The summed E-state index contributed by atoms with van der Waals surface area (Å²) in [6.07, 6.45) is 0.534. The molecule has 3 N–H and O–H groups in total. The van der Waals surface area contributed by atoms with Gasteiger partial charge in [0.2, 0.25) is 5.91 Å². The molecule has 0 heterocycles. The number of methoxy groups -OCH3 is 1. The minimum absolute atomic E-state index is 0.00212. The number of nitrogens with one attached hydrogen (secondary N) is 1. The minimum Gasteiger partial charge on any atom is -0.481 e. The van der Waals surface area contributed by atoms with E-state index in [1.807, 2.05) is 18.2 Å². The van der Waals surface area contributed by atoms with Crippen LogP contribution in [0.15, 0.2) is 30.3 Å². The Bertz CT molecular complexity index is 355. The molecule has 0 aliphatic rings. The first-order valence-electron chi connectivity index (χ1n) is 5.38. The topological polar surface area (TPSA) is 78.8 Å². The average molecular weight is 239 g/mol. The van der Waals surface area contributed by atoms with Gasteiger partial charge in [0, 0.05) is 25.6 Å². The first-order valence-corrected chi connectivity index (χ1v) is 5.38. The highest BCUT2D eigenvalue weighted by atomic mass is 16.6. The number of carbonyl (C=O) groups is 1. The van der Waals surface area contributed by atoms with Crippen LogP contribution in [0.3, 0.4) is 0 Å². The van der Waals surface area contributed by atoms with Gasteiger partial charge in [0.15, 0.2) is 0 Å². The summed E-state index contributed by atoms with van der Waals surface area (Å²) in [7, 11) is 1.37. The van der Waals surface area contributed by atoms with Crippen molar-refractivity contribution in [3.8, 4) is 0 Å². The van der Waals surface area contributed by atoms with E-state index in [9.17, 15) is 9.90 Å². The monoisotopic (exact) mass is 239 g/mol. The number of carboxylic acids is 1. The van der Waals surface area contributed by atoms with Crippen molar-refractivity contribution < 1.29 is 19.7 Å². The molecule has 1 atom stereocenters. The Morgan fingerprint density at radius 1 is 1.41 bits per heavy atom. The van der Waals surface area contributed by atoms with Crippen molar-refractivity contribution in [1.29, 1.82) is 0 Å². The van der Waals surface area contributed by atoms with Crippen molar-refractivity contribution in [2.75, 3.05) is 12.4 Å². The molecule has 5 nitrogen and oxygen atoms in total. The van der Waals surface area contributed by atoms with E-state index >= 15 is 0 Å². The first kappa shape index (κ1) is 13.5. The second-order valence-corrected chi connectivity index (χ2v) is 3.73. The molecule has 0 radical (unpaired) electrons. The van der Waals surface area contributed by atoms with Crippen LogP contribution < -0.4 is 5.32 Å². The Morgan fingerprint density at radius 2 is 2.06 bits per heavy atom. The number of benzene rings is 1. The lowest BCUT2D eigenvalue weighted by atomic mass is 10.2. The van der Waals surface area contributed by atoms with Crippen molar-refractivity contribution in [1.82, 2.24) is 0 Å². The van der Waals surface area contributed by atoms with Crippen LogP contribution in [0.25, 0.3) is 0 Å². The highest BCUT2D eigenvalue weighted by molar-refractivity contribution is 5.66. The molecule has 0 aliphatic heterocycles. The lowest BCUT2D eigenvalue weighted by molar-refractivity contribution is -0.168. The van der Waals surface area contributed by atoms with E-state index in [1.165, 1.54) is 7.11 Å². The van der Waals surface area contributed by atoms with Crippen LogP contribution in [0.1, 0.15) is 19.3 Å². The fraction of sp³-hybridized carbons (Fsp3) is 0.417. The quantitative estimate of drug-likeness (QED) is 0.630. The maximum absolute atomic E-state index is 10.4. The molecule has 17 heavy (non-hydrogen) atoms. The molecule has 0 saturated carbocycles. The van der Waals surface area contributed by atoms with Crippen molar-refractivity contribution in [3.05, 3.63) is 30.3 Å². The summed E-state index contributed by atoms with van der Waals surface area (Å²) in [5, 5.41) is 21.4. The van der Waals surface area contributed by atoms with Gasteiger partial charge in [-0.15, -0.1) is 0 Å². The number of para-hydroxylation sites is 1. The molecule has 0 fully saturated rings. The van der Waals surface area contributed by atoms with Gasteiger partial charge in [-0.2, -0.15) is 0 Å². The zero-order valence-corrected chi connectivity index (χ0v) is 9.72. The molecule has 0 saturated heterocycles. The summed E-state index contributed by atoms with van der Waals surface area (Å²) < 4.78 is 4.98. The molecule has 1 aromatic carbocycles. The molecule has 1 aromatic rings. The van der Waals surface area contributed by atoms with E-state index in [0.29, 0.717) is 12.1 Å². The van der Waals surface area contributed by atoms with Crippen LogP contribution in [0.4, 0.5) is 5.69 Å². The second kappa shape index (κ2) is 6.22. The van der Waals surface area contributed by atoms with E-state index in [4.69, 9.17) is 9.84 Å². The summed E-state index contributed by atoms with van der Waals surface area (Å²) in [5.41, 5.74) is 0.715. The zero-order chi connectivity index (χ0) is 12.7. The number of anilines is 1. The highest BCUT2D eigenvalue weighted by Gasteiger charge is 2.25. The van der Waals surface area contributed by atoms with Crippen molar-refractivity contribution >= 4 is 11.7 Å². The lowest BCUT2D eigenvalue weighted by Gasteiger charge is -2.28. The molecule has 0 unspecified atom stereocenters. The van der Waals surface area contributed by atoms with Crippen LogP contribution in [-0.4, -0.2) is 29.2 Å². The summed E-state index contributed by atoms with van der Waals surface area (Å²) in [4.78, 5) is 10.4. The average Bonchev–Trinajstić information content (AvgIpc) is 2.30. The van der Waals surface area contributed by atoms with Crippen LogP contribution in [0, 0.1) is 0 Å². The van der Waals surface area contributed by atoms with Gasteiger partial charge >= 0.3 is 5.97 Å². The number of aliphatic carboxylic acids is 1. The standard InChI is InChI=1S/C12H17NO4/c1-17-12(16,9-5-8-11(14)15)13-10-6-3-2-4-7-10/h2-4,6-7,13,16H,5,8-9H2,1H3,(H,14,15)/t12-/m0/s1. The lowest BCUT2D eigenvalue weighted by Crippen LogP contribution is -2.40. The molecule has 0 aromatic heterocycles. The Labute approximate surface area is 100 Å². The van der Waals surface area contributed by atoms with E-state index < -0.39 is 11.9 Å². The van der Waals surface area contributed by atoms with Gasteiger partial charge in [-0.3, -0.25) is 4.79 Å². The van der Waals surface area contributed by atoms with Crippen LogP contribution in [0.5, 0.6) is 0 Å². The minimum atomic E-state index is -1.53. The molecule has 5 heteroatoms. The fourth-order valence-corrected chi connectivity index (χ4v) is 1.44. The Morgan fingerprint density at radius 3 is 2.59 bits per heavy atom. The van der Waals surface area contributed by atoms with Crippen molar-refractivity contribution in [2.24, 2.45) is 0 Å². The van der Waals surface area contributed by atoms with Crippen LogP contribution in [0.2, 0.25) is 0 Å². The van der Waals surface area contributed by atoms with Crippen LogP contribution >= 0.6 is 0 Å². The third-order valence-electron chi connectivity index (χ3n) is 2.36. The number of carboxylic acid groups (broad SMARTS) is 1. The van der Waals surface area contributed by atoms with Crippen LogP contribution in [-0.2, 0) is 9.53 Å². The van der Waals surface area contributed by atoms with Gasteiger partial charge in [-0.25, -0.2) is 0 Å². The summed E-state index contributed by atoms with van der Waals surface area (Å²) >= 11 is 0. The maximum atomic E-state index is 10.4. The normalized spacial score (nSPS) is 14.0. The zero-order valence-electron chi connectivity index (χ0n) is 9.72. The van der Waals surface area contributed by atoms with Crippen molar-refractivity contribution in [2.45, 2.75) is 25.2 Å². The highest BCUT2D eigenvalue weighted by Crippen LogP contribution is 2.19. The molecular weight excluding hydrogens is 222 g/mol. The van der Waals surface area contributed by atoms with E-state index in [2.05, 4.69) is 5.32 Å². The maximum Gasteiger partial charge on any atom is 0.303 e. The van der Waals surface area contributed by atoms with E-state index in [0.717, 1.165) is 0 Å². The smallest absolute Gasteiger partial charge is 0.303 e. The predicted molar refractivity (Wildman–Crippen MR) is 63.5 cm³/mol. The molecule has 0 amide bonds. The first-order chi connectivity index (χ1) is 8.06. The number of aliphatic hydroxyl groups is 1. The molecular formula is C12H17NO4. The van der Waals surface area contributed by atoms with Gasteiger partial charge in [-0.05, 0) is 18.6 Å². The number of hydrogen-bond acceptors (Lipinski definition) is 4. The second-order valence-electron chi connectivity index (χ2n) is 3.73. The largest absolute Gasteiger partial charge is 0.481 e. The summed E-state index contributed by atoms with van der Waals surface area (Å²) in [6, 6.07) is 9.11. The van der Waals surface area contributed by atoms with E-state index in [-0.39, 0.29) is 12.8 Å². The van der Waals surface area contributed by atoms with Gasteiger partial charge < -0.3 is 20.3 Å². The molecule has 1 rings (SSSR count). The summed E-state index contributed by atoms with van der Waals surface area (Å²) in [6.45, 7) is 0. The Hall–Kier alpha value is -1.59. The SMILES string of the molecule is CO[C@@](O)(CCCC(=O)O)Nc1ccccc1.